The lowest BCUT2D eigenvalue weighted by molar-refractivity contribution is -0.235. The van der Waals surface area contributed by atoms with E-state index in [2.05, 4.69) is 0 Å². The van der Waals surface area contributed by atoms with Crippen LogP contribution >= 0.6 is 0 Å². The molecule has 0 atom stereocenters. The summed E-state index contributed by atoms with van der Waals surface area (Å²) < 4.78 is 36.2. The average Bonchev–Trinajstić information content (AvgIpc) is 1.71. The summed E-state index contributed by atoms with van der Waals surface area (Å²) in [4.78, 5) is 0. The molecule has 1 spiro atoms. The zero-order valence-electron chi connectivity index (χ0n) is 6.69. The minimum atomic E-state index is -3.97. The van der Waals surface area contributed by atoms with E-state index >= 15 is 0 Å². The third-order valence-corrected chi connectivity index (χ3v) is 3.21. The normalized spacial score (nSPS) is 47.0. The molecule has 0 saturated heterocycles. The van der Waals surface area contributed by atoms with Crippen molar-refractivity contribution in [2.45, 2.75) is 37.9 Å². The van der Waals surface area contributed by atoms with Gasteiger partial charge in [-0.05, 0) is 31.1 Å². The van der Waals surface area contributed by atoms with Crippen molar-refractivity contribution in [1.82, 2.24) is 0 Å². The number of halogens is 3. The molecule has 2 rings (SSSR count). The van der Waals surface area contributed by atoms with Gasteiger partial charge in [0, 0.05) is 6.04 Å². The summed E-state index contributed by atoms with van der Waals surface area (Å²) in [5, 5.41) is 0. The summed E-state index contributed by atoms with van der Waals surface area (Å²) in [7, 11) is 0. The molecule has 70 valence electrons. The van der Waals surface area contributed by atoms with E-state index in [1.807, 2.05) is 0 Å². The molecule has 0 heterocycles. The fourth-order valence-corrected chi connectivity index (χ4v) is 2.60. The molecule has 0 amide bonds. The highest BCUT2D eigenvalue weighted by Gasteiger charge is 2.59. The van der Waals surface area contributed by atoms with E-state index in [0.717, 1.165) is 12.8 Å². The molecular weight excluding hydrogens is 167 g/mol. The molecular formula is C8H12F3N. The van der Waals surface area contributed by atoms with Gasteiger partial charge < -0.3 is 5.73 Å². The molecule has 2 saturated carbocycles. The van der Waals surface area contributed by atoms with Crippen molar-refractivity contribution in [1.29, 1.82) is 0 Å². The molecule has 2 N–H and O–H groups in total. The predicted octanol–water partition coefficient (Wildman–Crippen LogP) is 2.07. The highest BCUT2D eigenvalue weighted by atomic mass is 19.4. The lowest BCUT2D eigenvalue weighted by Gasteiger charge is -2.57. The molecule has 0 aliphatic heterocycles. The van der Waals surface area contributed by atoms with Crippen molar-refractivity contribution >= 4 is 0 Å². The van der Waals surface area contributed by atoms with Gasteiger partial charge in [-0.15, -0.1) is 0 Å². The summed E-state index contributed by atoms with van der Waals surface area (Å²) in [6.45, 7) is 0. The van der Waals surface area contributed by atoms with Crippen LogP contribution in [-0.2, 0) is 0 Å². The minimum Gasteiger partial charge on any atom is -0.328 e. The predicted molar refractivity (Wildman–Crippen MR) is 38.4 cm³/mol. The fraction of sp³-hybridized carbons (Fsp3) is 1.00. The molecule has 2 aliphatic carbocycles. The highest BCUT2D eigenvalue weighted by Crippen LogP contribution is 2.61. The molecule has 0 aromatic rings. The number of hydrogen-bond acceptors (Lipinski definition) is 1. The van der Waals surface area contributed by atoms with Gasteiger partial charge in [-0.1, -0.05) is 0 Å². The summed E-state index contributed by atoms with van der Waals surface area (Å²) in [5.74, 6) is -1.04. The van der Waals surface area contributed by atoms with Crippen molar-refractivity contribution in [2.75, 3.05) is 0 Å². The Kier molecular flexibility index (Phi) is 1.50. The van der Waals surface area contributed by atoms with Crippen molar-refractivity contribution in [2.24, 2.45) is 17.1 Å². The Morgan fingerprint density at radius 3 is 1.92 bits per heavy atom. The quantitative estimate of drug-likeness (QED) is 0.605. The zero-order valence-corrected chi connectivity index (χ0v) is 6.69. The molecule has 4 heteroatoms. The average molecular weight is 179 g/mol. The van der Waals surface area contributed by atoms with E-state index in [1.54, 1.807) is 0 Å². The summed E-state index contributed by atoms with van der Waals surface area (Å²) in [6, 6.07) is 0.166. The first-order chi connectivity index (χ1) is 5.41. The van der Waals surface area contributed by atoms with Gasteiger partial charge in [0.25, 0.3) is 0 Å². The van der Waals surface area contributed by atoms with E-state index in [9.17, 15) is 13.2 Å². The number of rotatable bonds is 0. The van der Waals surface area contributed by atoms with E-state index in [0.29, 0.717) is 12.8 Å². The second-order valence-electron chi connectivity index (χ2n) is 4.32. The Morgan fingerprint density at radius 1 is 1.08 bits per heavy atom. The van der Waals surface area contributed by atoms with Gasteiger partial charge in [0.05, 0.1) is 5.92 Å². The van der Waals surface area contributed by atoms with Crippen LogP contribution in [0.25, 0.3) is 0 Å². The highest BCUT2D eigenvalue weighted by molar-refractivity contribution is 5.05. The van der Waals surface area contributed by atoms with Crippen LogP contribution in [0.2, 0.25) is 0 Å². The van der Waals surface area contributed by atoms with Crippen molar-refractivity contribution in [3.05, 3.63) is 0 Å². The van der Waals surface area contributed by atoms with Crippen LogP contribution < -0.4 is 5.73 Å². The van der Waals surface area contributed by atoms with E-state index in [-0.39, 0.29) is 11.5 Å². The van der Waals surface area contributed by atoms with Crippen molar-refractivity contribution in [3.8, 4) is 0 Å². The summed E-state index contributed by atoms with van der Waals surface area (Å²) >= 11 is 0. The van der Waals surface area contributed by atoms with Gasteiger partial charge in [0.2, 0.25) is 0 Å². The first-order valence-corrected chi connectivity index (χ1v) is 4.24. The largest absolute Gasteiger partial charge is 0.391 e. The minimum absolute atomic E-state index is 0.000394. The molecule has 0 aromatic carbocycles. The Balaban J connectivity index is 1.85. The van der Waals surface area contributed by atoms with Crippen molar-refractivity contribution < 1.29 is 13.2 Å². The van der Waals surface area contributed by atoms with Gasteiger partial charge >= 0.3 is 6.18 Å². The van der Waals surface area contributed by atoms with Crippen molar-refractivity contribution in [3.63, 3.8) is 0 Å². The maximum absolute atomic E-state index is 12.1. The van der Waals surface area contributed by atoms with Crippen LogP contribution in [0.1, 0.15) is 25.7 Å². The van der Waals surface area contributed by atoms with Crippen LogP contribution in [-0.4, -0.2) is 12.2 Å². The third kappa shape index (κ3) is 1.13. The Morgan fingerprint density at radius 2 is 1.58 bits per heavy atom. The molecule has 0 aromatic heterocycles. The Labute approximate surface area is 69.1 Å². The van der Waals surface area contributed by atoms with E-state index in [1.165, 1.54) is 0 Å². The molecule has 12 heavy (non-hydrogen) atoms. The number of hydrogen-bond donors (Lipinski definition) is 1. The molecule has 2 fully saturated rings. The van der Waals surface area contributed by atoms with Gasteiger partial charge in [-0.2, -0.15) is 13.2 Å². The fourth-order valence-electron chi connectivity index (χ4n) is 2.60. The molecule has 1 nitrogen and oxygen atoms in total. The lowest BCUT2D eigenvalue weighted by Crippen LogP contribution is -2.56. The number of nitrogens with two attached hydrogens (primary N) is 1. The van der Waals surface area contributed by atoms with Gasteiger partial charge in [0.1, 0.15) is 0 Å². The lowest BCUT2D eigenvalue weighted by atomic mass is 9.50. The van der Waals surface area contributed by atoms with Gasteiger partial charge in [-0.25, -0.2) is 0 Å². The summed E-state index contributed by atoms with van der Waals surface area (Å²) in [5.41, 5.74) is 5.54. The Bertz CT molecular complexity index is 185. The first kappa shape index (κ1) is 8.35. The van der Waals surface area contributed by atoms with E-state index < -0.39 is 12.1 Å². The SMILES string of the molecule is NC1CC2(C1)CC(C(F)(F)F)C2. The number of alkyl halides is 3. The van der Waals surface area contributed by atoms with E-state index in [4.69, 9.17) is 5.73 Å². The molecule has 0 unspecified atom stereocenters. The topological polar surface area (TPSA) is 26.0 Å². The monoisotopic (exact) mass is 179 g/mol. The van der Waals surface area contributed by atoms with Crippen LogP contribution in [0, 0.1) is 11.3 Å². The second kappa shape index (κ2) is 2.16. The Hall–Kier alpha value is -0.250. The van der Waals surface area contributed by atoms with Crippen LogP contribution in [0.3, 0.4) is 0 Å². The standard InChI is InChI=1S/C8H12F3N/c9-8(10,11)5-1-7(2-5)3-6(12)4-7/h5-6H,1-4,12H2. The zero-order chi connectivity index (χ0) is 8.98. The molecule has 0 bridgehead atoms. The molecule has 0 radical (unpaired) electrons. The second-order valence-corrected chi connectivity index (χ2v) is 4.32. The molecule has 2 aliphatic rings. The van der Waals surface area contributed by atoms with Gasteiger partial charge in [0.15, 0.2) is 0 Å². The van der Waals surface area contributed by atoms with Gasteiger partial charge in [-0.3, -0.25) is 0 Å². The first-order valence-electron chi connectivity index (χ1n) is 4.24. The maximum Gasteiger partial charge on any atom is 0.391 e. The maximum atomic E-state index is 12.1. The van der Waals surface area contributed by atoms with Crippen LogP contribution in [0.5, 0.6) is 0 Å². The third-order valence-electron chi connectivity index (χ3n) is 3.21. The summed E-state index contributed by atoms with van der Waals surface area (Å²) in [6.07, 6.45) is -1.71. The van der Waals surface area contributed by atoms with Crippen LogP contribution in [0.4, 0.5) is 13.2 Å². The van der Waals surface area contributed by atoms with Crippen LogP contribution in [0.15, 0.2) is 0 Å². The smallest absolute Gasteiger partial charge is 0.328 e.